The van der Waals surface area contributed by atoms with E-state index in [0.717, 1.165) is 5.56 Å². The van der Waals surface area contributed by atoms with Gasteiger partial charge in [0.25, 0.3) is 5.91 Å². The Bertz CT molecular complexity index is 787. The van der Waals surface area contributed by atoms with Gasteiger partial charge in [-0.15, -0.1) is 11.8 Å². The molecule has 2 unspecified atom stereocenters. The van der Waals surface area contributed by atoms with Gasteiger partial charge in [0, 0.05) is 17.9 Å². The van der Waals surface area contributed by atoms with E-state index >= 15 is 0 Å². The predicted octanol–water partition coefficient (Wildman–Crippen LogP) is 3.93. The number of hydrogen-bond donors (Lipinski definition) is 1. The molecule has 0 aliphatic carbocycles. The van der Waals surface area contributed by atoms with E-state index in [2.05, 4.69) is 26.1 Å². The summed E-state index contributed by atoms with van der Waals surface area (Å²) in [5.74, 6) is 0.434. The minimum atomic E-state index is -0.462. The molecule has 0 aromatic heterocycles. The van der Waals surface area contributed by atoms with Crippen LogP contribution < -0.4 is 5.32 Å². The van der Waals surface area contributed by atoms with Crippen LogP contribution in [0.15, 0.2) is 60.7 Å². The second-order valence-corrected chi connectivity index (χ2v) is 8.96. The molecule has 0 radical (unpaired) electrons. The fourth-order valence-electron chi connectivity index (χ4n) is 3.26. The van der Waals surface area contributed by atoms with Gasteiger partial charge >= 0.3 is 0 Å². The quantitative estimate of drug-likeness (QED) is 0.872. The molecule has 1 saturated heterocycles. The highest BCUT2D eigenvalue weighted by atomic mass is 32.2. The van der Waals surface area contributed by atoms with E-state index in [1.54, 1.807) is 16.7 Å². The Morgan fingerprint density at radius 1 is 1.04 bits per heavy atom. The summed E-state index contributed by atoms with van der Waals surface area (Å²) in [5, 5.41) is 2.96. The Kier molecular flexibility index (Phi) is 5.90. The molecule has 3 rings (SSSR count). The van der Waals surface area contributed by atoms with Crippen LogP contribution in [0.3, 0.4) is 0 Å². The molecule has 1 N–H and O–H groups in total. The van der Waals surface area contributed by atoms with Gasteiger partial charge in [-0.25, -0.2) is 0 Å². The van der Waals surface area contributed by atoms with Crippen LogP contribution in [0.2, 0.25) is 0 Å². The molecule has 0 spiro atoms. The first-order chi connectivity index (χ1) is 12.9. The molecule has 5 heteroatoms. The molecule has 0 saturated carbocycles. The zero-order valence-corrected chi connectivity index (χ0v) is 16.8. The topological polar surface area (TPSA) is 49.4 Å². The maximum atomic E-state index is 13.2. The van der Waals surface area contributed by atoms with Gasteiger partial charge in [-0.05, 0) is 23.1 Å². The summed E-state index contributed by atoms with van der Waals surface area (Å²) in [6, 6.07) is 18.6. The van der Waals surface area contributed by atoms with Gasteiger partial charge in [0.15, 0.2) is 0 Å². The third-order valence-electron chi connectivity index (χ3n) is 4.61. The average molecular weight is 383 g/mol. The van der Waals surface area contributed by atoms with Crippen LogP contribution in [0, 0.1) is 5.41 Å². The summed E-state index contributed by atoms with van der Waals surface area (Å²) >= 11 is 1.68. The molecule has 4 nitrogen and oxygen atoms in total. The van der Waals surface area contributed by atoms with E-state index in [1.807, 2.05) is 60.7 Å². The Hall–Kier alpha value is -2.27. The average Bonchev–Trinajstić information content (AvgIpc) is 3.13. The van der Waals surface area contributed by atoms with Crippen molar-refractivity contribution in [2.24, 2.45) is 5.41 Å². The van der Waals surface area contributed by atoms with Gasteiger partial charge < -0.3 is 10.2 Å². The van der Waals surface area contributed by atoms with E-state index in [-0.39, 0.29) is 22.6 Å². The molecule has 142 valence electrons. The molecule has 2 aromatic rings. The minimum absolute atomic E-state index is 0.0438. The van der Waals surface area contributed by atoms with Gasteiger partial charge in [-0.3, -0.25) is 9.59 Å². The maximum absolute atomic E-state index is 13.2. The van der Waals surface area contributed by atoms with Crippen molar-refractivity contribution in [2.45, 2.75) is 38.7 Å². The molecule has 1 heterocycles. The van der Waals surface area contributed by atoms with Gasteiger partial charge in [-0.1, -0.05) is 69.3 Å². The molecule has 2 aromatic carbocycles. The first-order valence-corrected chi connectivity index (χ1v) is 10.2. The highest BCUT2D eigenvalue weighted by molar-refractivity contribution is 8.00. The first-order valence-electron chi connectivity index (χ1n) is 9.19. The summed E-state index contributed by atoms with van der Waals surface area (Å²) in [7, 11) is 0. The van der Waals surface area contributed by atoms with Crippen LogP contribution in [0.4, 0.5) is 0 Å². The monoisotopic (exact) mass is 382 g/mol. The van der Waals surface area contributed by atoms with Crippen molar-refractivity contribution in [1.82, 2.24) is 10.2 Å². The molecule has 0 bridgehead atoms. The van der Waals surface area contributed by atoms with Crippen molar-refractivity contribution in [3.8, 4) is 0 Å². The highest BCUT2D eigenvalue weighted by Gasteiger charge is 2.46. The second kappa shape index (κ2) is 8.17. The summed E-state index contributed by atoms with van der Waals surface area (Å²) in [6.45, 7) is 6.80. The number of nitrogens with zero attached hydrogens (tertiary/aromatic N) is 1. The smallest absolute Gasteiger partial charge is 0.255 e. The van der Waals surface area contributed by atoms with Gasteiger partial charge in [0.05, 0.1) is 5.37 Å². The molecule has 2 amide bonds. The predicted molar refractivity (Wildman–Crippen MR) is 110 cm³/mol. The number of hydrogen-bond acceptors (Lipinski definition) is 3. The Balaban J connectivity index is 1.80. The van der Waals surface area contributed by atoms with E-state index in [9.17, 15) is 9.59 Å². The van der Waals surface area contributed by atoms with Crippen molar-refractivity contribution in [3.63, 3.8) is 0 Å². The number of benzene rings is 2. The summed E-state index contributed by atoms with van der Waals surface area (Å²) in [5.41, 5.74) is 1.55. The SMILES string of the molecule is CC(C)(C)C1SCC(C(=O)NCc2ccccc2)N1C(=O)c1ccccc1. The van der Waals surface area contributed by atoms with Crippen molar-refractivity contribution < 1.29 is 9.59 Å². The van der Waals surface area contributed by atoms with Crippen molar-refractivity contribution >= 4 is 23.6 Å². The summed E-state index contributed by atoms with van der Waals surface area (Å²) in [4.78, 5) is 27.9. The van der Waals surface area contributed by atoms with Crippen LogP contribution >= 0.6 is 11.8 Å². The standard InChI is InChI=1S/C22H26N2O2S/c1-22(2,3)21-24(20(26)17-12-8-5-9-13-17)18(15-27-21)19(25)23-14-16-10-6-4-7-11-16/h4-13,18,21H,14-15H2,1-3H3,(H,23,25). The van der Waals surface area contributed by atoms with Crippen LogP contribution in [-0.2, 0) is 11.3 Å². The molecular weight excluding hydrogens is 356 g/mol. The third kappa shape index (κ3) is 4.53. The van der Waals surface area contributed by atoms with Crippen molar-refractivity contribution in [2.75, 3.05) is 5.75 Å². The Morgan fingerprint density at radius 2 is 1.63 bits per heavy atom. The number of nitrogens with one attached hydrogen (secondary N) is 1. The molecule has 1 aliphatic rings. The number of carbonyl (C=O) groups is 2. The second-order valence-electron chi connectivity index (χ2n) is 7.85. The fraction of sp³-hybridized carbons (Fsp3) is 0.364. The molecular formula is C22H26N2O2S. The largest absolute Gasteiger partial charge is 0.350 e. The van der Waals surface area contributed by atoms with Crippen LogP contribution in [0.1, 0.15) is 36.7 Å². The van der Waals surface area contributed by atoms with E-state index in [0.29, 0.717) is 17.9 Å². The molecule has 2 atom stereocenters. The van der Waals surface area contributed by atoms with E-state index in [4.69, 9.17) is 0 Å². The van der Waals surface area contributed by atoms with Crippen LogP contribution in [0.25, 0.3) is 0 Å². The minimum Gasteiger partial charge on any atom is -0.350 e. The lowest BCUT2D eigenvalue weighted by atomic mass is 9.94. The Labute approximate surface area is 165 Å². The first kappa shape index (κ1) is 19.5. The molecule has 1 fully saturated rings. The normalized spacial score (nSPS) is 19.7. The van der Waals surface area contributed by atoms with Crippen molar-refractivity contribution in [3.05, 3.63) is 71.8 Å². The molecule has 1 aliphatic heterocycles. The zero-order valence-electron chi connectivity index (χ0n) is 16.0. The lowest BCUT2D eigenvalue weighted by Crippen LogP contribution is -2.52. The lowest BCUT2D eigenvalue weighted by molar-refractivity contribution is -0.125. The van der Waals surface area contributed by atoms with Gasteiger partial charge in [0.1, 0.15) is 6.04 Å². The molecule has 27 heavy (non-hydrogen) atoms. The fourth-order valence-corrected chi connectivity index (χ4v) is 4.84. The van der Waals surface area contributed by atoms with E-state index < -0.39 is 6.04 Å². The number of carbonyl (C=O) groups excluding carboxylic acids is 2. The maximum Gasteiger partial charge on any atom is 0.255 e. The van der Waals surface area contributed by atoms with E-state index in [1.165, 1.54) is 0 Å². The van der Waals surface area contributed by atoms with Crippen molar-refractivity contribution in [1.29, 1.82) is 0 Å². The number of thioether (sulfide) groups is 1. The van der Waals surface area contributed by atoms with Gasteiger partial charge in [-0.2, -0.15) is 0 Å². The summed E-state index contributed by atoms with van der Waals surface area (Å²) < 4.78 is 0. The van der Waals surface area contributed by atoms with Crippen LogP contribution in [0.5, 0.6) is 0 Å². The Morgan fingerprint density at radius 3 is 2.22 bits per heavy atom. The van der Waals surface area contributed by atoms with Gasteiger partial charge in [0.2, 0.25) is 5.91 Å². The number of amides is 2. The zero-order chi connectivity index (χ0) is 19.4. The highest BCUT2D eigenvalue weighted by Crippen LogP contribution is 2.41. The number of rotatable bonds is 4. The lowest BCUT2D eigenvalue weighted by Gasteiger charge is -2.36. The summed E-state index contributed by atoms with van der Waals surface area (Å²) in [6.07, 6.45) is 0. The van der Waals surface area contributed by atoms with Crippen LogP contribution in [-0.4, -0.2) is 33.9 Å². The third-order valence-corrected chi connectivity index (χ3v) is 6.37.